The number of aryl methyl sites for hydroxylation is 1. The van der Waals surface area contributed by atoms with Crippen LogP contribution in [0.4, 0.5) is 5.69 Å². The van der Waals surface area contributed by atoms with E-state index in [2.05, 4.69) is 0 Å². The van der Waals surface area contributed by atoms with E-state index in [1.807, 2.05) is 60.4 Å². The fourth-order valence-corrected chi connectivity index (χ4v) is 3.83. The number of anilines is 1. The maximum Gasteiger partial charge on any atom is 0.238 e. The third kappa shape index (κ3) is 2.43. The number of nitrogens with zero attached hydrogens (tertiary/aromatic N) is 1. The molecule has 1 aliphatic rings. The molecule has 0 aromatic heterocycles. The standard InChI is InChI=1S/C16H14ClNOS/c1-11-6-8-12(9-7-11)18-15(19)10-20-16(18)13-4-2-3-5-14(13)17/h2-9,16H,10H2,1H3/t16-/m0/s1. The molecule has 0 N–H and O–H groups in total. The summed E-state index contributed by atoms with van der Waals surface area (Å²) in [7, 11) is 0. The lowest BCUT2D eigenvalue weighted by atomic mass is 10.1. The molecule has 102 valence electrons. The van der Waals surface area contributed by atoms with E-state index in [0.717, 1.165) is 11.3 Å². The SMILES string of the molecule is Cc1ccc(N2C(=O)CS[C@H]2c2ccccc2Cl)cc1. The average molecular weight is 304 g/mol. The zero-order valence-electron chi connectivity index (χ0n) is 11.0. The predicted octanol–water partition coefficient (Wildman–Crippen LogP) is 4.43. The van der Waals surface area contributed by atoms with E-state index in [1.165, 1.54) is 5.56 Å². The highest BCUT2D eigenvalue weighted by atomic mass is 35.5. The van der Waals surface area contributed by atoms with Gasteiger partial charge < -0.3 is 0 Å². The second-order valence-electron chi connectivity index (χ2n) is 4.78. The summed E-state index contributed by atoms with van der Waals surface area (Å²) in [6.07, 6.45) is 0. The fourth-order valence-electron chi connectivity index (χ4n) is 2.31. The largest absolute Gasteiger partial charge is 0.295 e. The lowest BCUT2D eigenvalue weighted by Crippen LogP contribution is -2.27. The number of amides is 1. The molecule has 2 nitrogen and oxygen atoms in total. The topological polar surface area (TPSA) is 20.3 Å². The molecule has 0 bridgehead atoms. The molecule has 4 heteroatoms. The quantitative estimate of drug-likeness (QED) is 0.818. The summed E-state index contributed by atoms with van der Waals surface area (Å²) in [5.74, 6) is 0.618. The van der Waals surface area contributed by atoms with E-state index in [0.29, 0.717) is 10.8 Å². The zero-order chi connectivity index (χ0) is 14.1. The molecule has 1 amide bonds. The van der Waals surface area contributed by atoms with Crippen molar-refractivity contribution < 1.29 is 4.79 Å². The molecule has 1 fully saturated rings. The molecule has 1 saturated heterocycles. The highest BCUT2D eigenvalue weighted by molar-refractivity contribution is 8.00. The van der Waals surface area contributed by atoms with Crippen molar-refractivity contribution in [3.63, 3.8) is 0 Å². The van der Waals surface area contributed by atoms with Crippen LogP contribution in [0.2, 0.25) is 5.02 Å². The number of halogens is 1. The van der Waals surface area contributed by atoms with Gasteiger partial charge in [0.2, 0.25) is 5.91 Å². The Balaban J connectivity index is 2.01. The van der Waals surface area contributed by atoms with Crippen molar-refractivity contribution in [1.82, 2.24) is 0 Å². The normalized spacial score (nSPS) is 18.6. The summed E-state index contributed by atoms with van der Waals surface area (Å²) in [6.45, 7) is 2.04. The average Bonchev–Trinajstić information content (AvgIpc) is 2.82. The van der Waals surface area contributed by atoms with E-state index in [9.17, 15) is 4.79 Å². The predicted molar refractivity (Wildman–Crippen MR) is 85.3 cm³/mol. The minimum atomic E-state index is -0.0427. The van der Waals surface area contributed by atoms with Gasteiger partial charge in [0.1, 0.15) is 5.37 Å². The second kappa shape index (κ2) is 5.51. The van der Waals surface area contributed by atoms with Crippen LogP contribution < -0.4 is 4.90 Å². The van der Waals surface area contributed by atoms with Crippen molar-refractivity contribution in [2.45, 2.75) is 12.3 Å². The first-order valence-corrected chi connectivity index (χ1v) is 7.84. The van der Waals surface area contributed by atoms with Crippen LogP contribution in [0, 0.1) is 6.92 Å². The maximum absolute atomic E-state index is 12.2. The van der Waals surface area contributed by atoms with E-state index in [1.54, 1.807) is 11.8 Å². The fraction of sp³-hybridized carbons (Fsp3) is 0.188. The van der Waals surface area contributed by atoms with Crippen molar-refractivity contribution in [3.8, 4) is 0 Å². The van der Waals surface area contributed by atoms with Crippen LogP contribution in [0.5, 0.6) is 0 Å². The summed E-state index contributed by atoms with van der Waals surface area (Å²) < 4.78 is 0. The first-order valence-electron chi connectivity index (χ1n) is 6.41. The van der Waals surface area contributed by atoms with Gasteiger partial charge in [-0.3, -0.25) is 9.69 Å². The van der Waals surface area contributed by atoms with E-state index in [-0.39, 0.29) is 11.3 Å². The molecule has 1 aliphatic heterocycles. The van der Waals surface area contributed by atoms with Gasteiger partial charge >= 0.3 is 0 Å². The summed E-state index contributed by atoms with van der Waals surface area (Å²) >= 11 is 7.90. The van der Waals surface area contributed by atoms with Gasteiger partial charge in [-0.1, -0.05) is 47.5 Å². The maximum atomic E-state index is 12.2. The van der Waals surface area contributed by atoms with Gasteiger partial charge in [0.05, 0.1) is 5.75 Å². The van der Waals surface area contributed by atoms with Crippen LogP contribution in [-0.2, 0) is 4.79 Å². The lowest BCUT2D eigenvalue weighted by Gasteiger charge is -2.25. The van der Waals surface area contributed by atoms with Crippen molar-refractivity contribution in [1.29, 1.82) is 0 Å². The molecular weight excluding hydrogens is 290 g/mol. The second-order valence-corrected chi connectivity index (χ2v) is 6.26. The monoisotopic (exact) mass is 303 g/mol. The number of thioether (sulfide) groups is 1. The van der Waals surface area contributed by atoms with Gasteiger partial charge in [0, 0.05) is 16.3 Å². The van der Waals surface area contributed by atoms with Crippen LogP contribution in [-0.4, -0.2) is 11.7 Å². The first-order chi connectivity index (χ1) is 9.66. The lowest BCUT2D eigenvalue weighted by molar-refractivity contribution is -0.115. The Morgan fingerprint density at radius 3 is 2.55 bits per heavy atom. The molecule has 0 aliphatic carbocycles. The third-order valence-electron chi connectivity index (χ3n) is 3.35. The molecule has 0 spiro atoms. The molecule has 1 atom stereocenters. The number of hydrogen-bond acceptors (Lipinski definition) is 2. The molecule has 2 aromatic rings. The molecule has 0 saturated carbocycles. The van der Waals surface area contributed by atoms with Crippen molar-refractivity contribution in [2.24, 2.45) is 0 Å². The Labute approximate surface area is 127 Å². The number of rotatable bonds is 2. The molecule has 0 radical (unpaired) electrons. The molecule has 1 heterocycles. The molecule has 3 rings (SSSR count). The zero-order valence-corrected chi connectivity index (χ0v) is 12.6. The Morgan fingerprint density at radius 1 is 1.15 bits per heavy atom. The van der Waals surface area contributed by atoms with E-state index in [4.69, 9.17) is 11.6 Å². The van der Waals surface area contributed by atoms with Crippen molar-refractivity contribution >= 4 is 35.0 Å². The van der Waals surface area contributed by atoms with Gasteiger partial charge in [0.25, 0.3) is 0 Å². The Hall–Kier alpha value is -1.45. The number of carbonyl (C=O) groups is 1. The van der Waals surface area contributed by atoms with Gasteiger partial charge in [-0.25, -0.2) is 0 Å². The van der Waals surface area contributed by atoms with Gasteiger partial charge in [0.15, 0.2) is 0 Å². The number of carbonyl (C=O) groups excluding carboxylic acids is 1. The van der Waals surface area contributed by atoms with Crippen LogP contribution in [0.3, 0.4) is 0 Å². The van der Waals surface area contributed by atoms with Crippen LogP contribution >= 0.6 is 23.4 Å². The minimum absolute atomic E-state index is 0.0427. The summed E-state index contributed by atoms with van der Waals surface area (Å²) in [5.41, 5.74) is 3.10. The van der Waals surface area contributed by atoms with Crippen molar-refractivity contribution in [3.05, 3.63) is 64.7 Å². The highest BCUT2D eigenvalue weighted by Crippen LogP contribution is 2.43. The Morgan fingerprint density at radius 2 is 1.85 bits per heavy atom. The van der Waals surface area contributed by atoms with Crippen molar-refractivity contribution in [2.75, 3.05) is 10.7 Å². The van der Waals surface area contributed by atoms with Gasteiger partial charge in [-0.15, -0.1) is 11.8 Å². The van der Waals surface area contributed by atoms with E-state index < -0.39 is 0 Å². The number of benzene rings is 2. The Kier molecular flexibility index (Phi) is 3.72. The summed E-state index contributed by atoms with van der Waals surface area (Å²) in [4.78, 5) is 14.1. The summed E-state index contributed by atoms with van der Waals surface area (Å²) in [5, 5.41) is 0.663. The molecule has 0 unspecified atom stereocenters. The number of hydrogen-bond donors (Lipinski definition) is 0. The van der Waals surface area contributed by atoms with Crippen LogP contribution in [0.1, 0.15) is 16.5 Å². The first kappa shape index (κ1) is 13.5. The third-order valence-corrected chi connectivity index (χ3v) is 4.89. The van der Waals surface area contributed by atoms with Gasteiger partial charge in [-0.2, -0.15) is 0 Å². The van der Waals surface area contributed by atoms with Crippen LogP contribution in [0.25, 0.3) is 0 Å². The molecule has 2 aromatic carbocycles. The van der Waals surface area contributed by atoms with Gasteiger partial charge in [-0.05, 0) is 25.1 Å². The van der Waals surface area contributed by atoms with Crippen LogP contribution in [0.15, 0.2) is 48.5 Å². The molecule has 20 heavy (non-hydrogen) atoms. The highest BCUT2D eigenvalue weighted by Gasteiger charge is 2.34. The minimum Gasteiger partial charge on any atom is -0.295 e. The Bertz CT molecular complexity index is 641. The summed E-state index contributed by atoms with van der Waals surface area (Å²) in [6, 6.07) is 15.7. The van der Waals surface area contributed by atoms with E-state index >= 15 is 0 Å². The molecular formula is C16H14ClNOS. The smallest absolute Gasteiger partial charge is 0.238 e.